The summed E-state index contributed by atoms with van der Waals surface area (Å²) in [6.45, 7) is 0. The molecule has 0 N–H and O–H groups in total. The number of aromatic nitrogens is 1. The van der Waals surface area contributed by atoms with Gasteiger partial charge in [0.15, 0.2) is 6.20 Å². The Bertz CT molecular complexity index is 173. The zero-order valence-electron chi connectivity index (χ0n) is 4.11. The van der Waals surface area contributed by atoms with E-state index in [4.69, 9.17) is 0 Å². The second-order valence-electron chi connectivity index (χ2n) is 1.38. The van der Waals surface area contributed by atoms with Crippen molar-refractivity contribution in [2.45, 2.75) is 5.03 Å². The van der Waals surface area contributed by atoms with Gasteiger partial charge in [-0.3, -0.25) is 0 Å². The van der Waals surface area contributed by atoms with Crippen LogP contribution in [0.3, 0.4) is 0 Å². The van der Waals surface area contributed by atoms with E-state index < -0.39 is 0 Å². The van der Waals surface area contributed by atoms with Crippen LogP contribution >= 0.6 is 12.6 Å². The molecule has 0 spiro atoms. The van der Waals surface area contributed by atoms with Crippen molar-refractivity contribution in [2.75, 3.05) is 0 Å². The summed E-state index contributed by atoms with van der Waals surface area (Å²) >= 11 is 3.85. The third kappa shape index (κ3) is 2.91. The fraction of sp³-hybridized carbons (Fsp3) is 0. The maximum absolute atomic E-state index is 10.5. The Morgan fingerprint density at radius 1 is 1.44 bits per heavy atom. The van der Waals surface area contributed by atoms with Crippen molar-refractivity contribution in [2.24, 2.45) is 0 Å². The first kappa shape index (κ1) is 9.78. The Morgan fingerprint density at radius 3 is 2.44 bits per heavy atom. The van der Waals surface area contributed by atoms with Crippen molar-refractivity contribution in [1.29, 1.82) is 0 Å². The molecule has 1 aromatic heterocycles. The summed E-state index contributed by atoms with van der Waals surface area (Å²) in [5.74, 6) is 0. The number of pyridine rings is 1. The third-order valence-electron chi connectivity index (χ3n) is 0.804. The Morgan fingerprint density at radius 2 is 2.11 bits per heavy atom. The molecule has 1 rings (SSSR count). The van der Waals surface area contributed by atoms with Crippen LogP contribution in [0.1, 0.15) is 0 Å². The standard InChI is InChI=1S/C5H5NOS.Sr.2H/c7-6-4-2-1-3-5(6)8;;;/h1-4,8H;;;. The molecule has 0 unspecified atom stereocenters. The molecular weight excluding hydrogens is 210 g/mol. The topological polar surface area (TPSA) is 26.9 Å². The molecule has 1 heterocycles. The first-order valence-corrected chi connectivity index (χ1v) is 2.62. The molecule has 4 heteroatoms. The van der Waals surface area contributed by atoms with E-state index in [-0.39, 0.29) is 45.5 Å². The predicted octanol–water partition coefficient (Wildman–Crippen LogP) is -0.307. The van der Waals surface area contributed by atoms with Gasteiger partial charge in [-0.05, 0) is 6.07 Å². The van der Waals surface area contributed by atoms with Crippen LogP contribution in [0.25, 0.3) is 0 Å². The molecule has 0 fully saturated rings. The fourth-order valence-corrected chi connectivity index (χ4v) is 0.572. The molecular formula is C5H7NOSSr. The molecule has 0 amide bonds. The molecule has 9 heavy (non-hydrogen) atoms. The molecule has 0 saturated heterocycles. The maximum atomic E-state index is 10.5. The molecule has 0 saturated carbocycles. The van der Waals surface area contributed by atoms with Crippen LogP contribution in [0, 0.1) is 5.21 Å². The van der Waals surface area contributed by atoms with Crippen molar-refractivity contribution in [3.63, 3.8) is 0 Å². The van der Waals surface area contributed by atoms with Gasteiger partial charge in [0.1, 0.15) is 0 Å². The first-order valence-electron chi connectivity index (χ1n) is 2.18. The van der Waals surface area contributed by atoms with E-state index in [2.05, 4.69) is 12.6 Å². The average molecular weight is 217 g/mol. The second-order valence-corrected chi connectivity index (χ2v) is 1.84. The number of hydrogen-bond donors (Lipinski definition) is 1. The molecule has 0 bridgehead atoms. The minimum absolute atomic E-state index is 0. The van der Waals surface area contributed by atoms with Gasteiger partial charge in [-0.25, -0.2) is 0 Å². The van der Waals surface area contributed by atoms with Crippen LogP contribution in [0.15, 0.2) is 29.4 Å². The summed E-state index contributed by atoms with van der Waals surface area (Å²) in [5.41, 5.74) is 0. The van der Waals surface area contributed by atoms with Crippen molar-refractivity contribution >= 4 is 58.1 Å². The van der Waals surface area contributed by atoms with Gasteiger partial charge in [-0.2, -0.15) is 4.73 Å². The number of thiol groups is 1. The van der Waals surface area contributed by atoms with E-state index in [0.29, 0.717) is 9.76 Å². The Hall–Kier alpha value is 0.781. The van der Waals surface area contributed by atoms with E-state index in [0.717, 1.165) is 0 Å². The monoisotopic (exact) mass is 217 g/mol. The van der Waals surface area contributed by atoms with Gasteiger partial charge in [0.2, 0.25) is 5.03 Å². The van der Waals surface area contributed by atoms with Gasteiger partial charge in [0.05, 0.1) is 0 Å². The summed E-state index contributed by atoms with van der Waals surface area (Å²) < 4.78 is 0.698. The van der Waals surface area contributed by atoms with E-state index in [1.807, 2.05) is 0 Å². The van der Waals surface area contributed by atoms with Crippen LogP contribution in [0.2, 0.25) is 0 Å². The summed E-state index contributed by atoms with van der Waals surface area (Å²) in [7, 11) is 0. The third-order valence-corrected chi connectivity index (χ3v) is 1.15. The summed E-state index contributed by atoms with van der Waals surface area (Å²) in [6, 6.07) is 5.06. The molecule has 0 aromatic carbocycles. The number of rotatable bonds is 0. The SMILES string of the molecule is [O-][n+]1ccccc1S.[SrH2]. The second kappa shape index (κ2) is 4.57. The Kier molecular flexibility index (Phi) is 4.97. The number of nitrogens with zero attached hydrogens (tertiary/aromatic N) is 1. The fourth-order valence-electron chi connectivity index (χ4n) is 0.419. The van der Waals surface area contributed by atoms with Crippen molar-refractivity contribution in [3.05, 3.63) is 29.6 Å². The molecule has 0 aliphatic rings. The van der Waals surface area contributed by atoms with Gasteiger partial charge >= 0.3 is 45.5 Å². The van der Waals surface area contributed by atoms with Crippen LogP contribution < -0.4 is 4.73 Å². The molecule has 46 valence electrons. The Balaban J connectivity index is 0.000000640. The van der Waals surface area contributed by atoms with E-state index in [1.165, 1.54) is 6.20 Å². The van der Waals surface area contributed by atoms with Crippen molar-refractivity contribution in [1.82, 2.24) is 0 Å². The van der Waals surface area contributed by atoms with E-state index >= 15 is 0 Å². The molecule has 0 atom stereocenters. The van der Waals surface area contributed by atoms with Gasteiger partial charge in [-0.15, -0.1) is 0 Å². The first-order chi connectivity index (χ1) is 3.80. The molecule has 2 nitrogen and oxygen atoms in total. The summed E-state index contributed by atoms with van der Waals surface area (Å²) in [6.07, 6.45) is 1.41. The van der Waals surface area contributed by atoms with Gasteiger partial charge in [-0.1, -0.05) is 12.6 Å². The molecule has 0 aliphatic heterocycles. The molecule has 1 aromatic rings. The quantitative estimate of drug-likeness (QED) is 0.274. The summed E-state index contributed by atoms with van der Waals surface area (Å²) in [5, 5.41) is 10.9. The molecule has 0 radical (unpaired) electrons. The van der Waals surface area contributed by atoms with Crippen molar-refractivity contribution in [3.8, 4) is 0 Å². The zero-order chi connectivity index (χ0) is 5.98. The zero-order valence-corrected chi connectivity index (χ0v) is 5.01. The van der Waals surface area contributed by atoms with Gasteiger partial charge in [0, 0.05) is 12.1 Å². The predicted molar refractivity (Wildman–Crippen MR) is 41.2 cm³/mol. The van der Waals surface area contributed by atoms with Crippen LogP contribution in [0.4, 0.5) is 0 Å². The molecule has 0 aliphatic carbocycles. The van der Waals surface area contributed by atoms with Gasteiger partial charge in [0.25, 0.3) is 0 Å². The Labute approximate surface area is 96.2 Å². The van der Waals surface area contributed by atoms with Crippen LogP contribution in [-0.4, -0.2) is 45.5 Å². The van der Waals surface area contributed by atoms with Crippen molar-refractivity contribution < 1.29 is 4.73 Å². The van der Waals surface area contributed by atoms with E-state index in [9.17, 15) is 5.21 Å². The number of hydrogen-bond acceptors (Lipinski definition) is 2. The van der Waals surface area contributed by atoms with Gasteiger partial charge < -0.3 is 5.21 Å². The van der Waals surface area contributed by atoms with E-state index in [1.54, 1.807) is 18.2 Å². The normalized spacial score (nSPS) is 8.11. The average Bonchev–Trinajstić information content (AvgIpc) is 1.77. The van der Waals surface area contributed by atoms with Crippen LogP contribution in [-0.2, 0) is 0 Å². The minimum atomic E-state index is 0. The summed E-state index contributed by atoms with van der Waals surface area (Å²) in [4.78, 5) is 0. The van der Waals surface area contributed by atoms with Crippen LogP contribution in [0.5, 0.6) is 0 Å².